The summed E-state index contributed by atoms with van der Waals surface area (Å²) in [5.41, 5.74) is 1.58. The molecule has 0 bridgehead atoms. The molecular weight excluding hydrogens is 416 g/mol. The van der Waals surface area contributed by atoms with Crippen LogP contribution in [0.25, 0.3) is 0 Å². The molecule has 1 aliphatic rings. The Morgan fingerprint density at radius 3 is 2.42 bits per heavy atom. The molecule has 3 N–H and O–H groups in total. The van der Waals surface area contributed by atoms with Gasteiger partial charge in [0.05, 0.1) is 17.1 Å². The van der Waals surface area contributed by atoms with Gasteiger partial charge in [0, 0.05) is 43.6 Å². The number of piperazine rings is 1. The lowest BCUT2D eigenvalue weighted by Crippen LogP contribution is -2.44. The van der Waals surface area contributed by atoms with Crippen molar-refractivity contribution in [2.24, 2.45) is 0 Å². The number of carbonyl (C=O) groups excluding carboxylic acids is 1. The molecule has 0 saturated carbocycles. The molecule has 0 aromatic heterocycles. The molecule has 0 unspecified atom stereocenters. The van der Waals surface area contributed by atoms with Gasteiger partial charge in [-0.2, -0.15) is 0 Å². The third-order valence-electron chi connectivity index (χ3n) is 4.82. The minimum atomic E-state index is -3.81. The highest BCUT2D eigenvalue weighted by Gasteiger charge is 2.21. The van der Waals surface area contributed by atoms with Gasteiger partial charge >= 0.3 is 0 Å². The van der Waals surface area contributed by atoms with Gasteiger partial charge in [0.2, 0.25) is 0 Å². The third-order valence-corrected chi connectivity index (χ3v) is 6.21. The normalized spacial score (nSPS) is 14.4. The lowest BCUT2D eigenvalue weighted by atomic mass is 10.1. The summed E-state index contributed by atoms with van der Waals surface area (Å²) in [5.74, 6) is 0.375. The molecule has 2 aromatic carbocycles. The topological polar surface area (TPSA) is 99.8 Å². The van der Waals surface area contributed by atoms with E-state index in [-0.39, 0.29) is 16.8 Å². The number of amides is 1. The summed E-state index contributed by atoms with van der Waals surface area (Å²) in [6, 6.07) is 11.3. The molecular formula is C22H30N4O4S. The van der Waals surface area contributed by atoms with Crippen LogP contribution < -0.4 is 25.0 Å². The Morgan fingerprint density at radius 1 is 1.13 bits per heavy atom. The van der Waals surface area contributed by atoms with E-state index >= 15 is 0 Å². The maximum absolute atomic E-state index is 12.9. The van der Waals surface area contributed by atoms with Crippen LogP contribution in [0.15, 0.2) is 47.4 Å². The van der Waals surface area contributed by atoms with Crippen LogP contribution >= 0.6 is 0 Å². The van der Waals surface area contributed by atoms with Crippen molar-refractivity contribution >= 4 is 27.3 Å². The van der Waals surface area contributed by atoms with E-state index in [1.807, 2.05) is 20.8 Å². The third kappa shape index (κ3) is 5.89. The molecule has 1 amide bonds. The molecule has 0 aliphatic carbocycles. The Hall–Kier alpha value is -2.78. The zero-order chi connectivity index (χ0) is 22.4. The molecule has 1 aliphatic heterocycles. The van der Waals surface area contributed by atoms with Crippen molar-refractivity contribution < 1.29 is 17.9 Å². The van der Waals surface area contributed by atoms with Gasteiger partial charge in [-0.25, -0.2) is 8.42 Å². The number of sulfonamides is 1. The summed E-state index contributed by atoms with van der Waals surface area (Å²) in [7, 11) is -3.81. The van der Waals surface area contributed by atoms with Gasteiger partial charge in [0.25, 0.3) is 15.9 Å². The molecule has 168 valence electrons. The van der Waals surface area contributed by atoms with Gasteiger partial charge in [-0.3, -0.25) is 9.52 Å². The lowest BCUT2D eigenvalue weighted by Gasteiger charge is -2.31. The zero-order valence-corrected chi connectivity index (χ0v) is 19.0. The molecule has 0 atom stereocenters. The Bertz CT molecular complexity index is 1000. The van der Waals surface area contributed by atoms with Crippen LogP contribution in [-0.2, 0) is 10.0 Å². The smallest absolute Gasteiger partial charge is 0.261 e. The van der Waals surface area contributed by atoms with Crippen molar-refractivity contribution in [1.29, 1.82) is 0 Å². The number of rotatable bonds is 8. The van der Waals surface area contributed by atoms with Crippen LogP contribution in [0.5, 0.6) is 5.75 Å². The monoisotopic (exact) mass is 446 g/mol. The van der Waals surface area contributed by atoms with E-state index in [1.165, 1.54) is 12.1 Å². The number of nitrogens with zero attached hydrogens (tertiary/aromatic N) is 1. The van der Waals surface area contributed by atoms with Gasteiger partial charge in [-0.15, -0.1) is 0 Å². The van der Waals surface area contributed by atoms with Gasteiger partial charge in [0.1, 0.15) is 5.75 Å². The van der Waals surface area contributed by atoms with Crippen LogP contribution in [-0.4, -0.2) is 53.2 Å². The highest BCUT2D eigenvalue weighted by Crippen LogP contribution is 2.27. The van der Waals surface area contributed by atoms with Crippen molar-refractivity contribution in [2.45, 2.75) is 31.7 Å². The van der Waals surface area contributed by atoms with Gasteiger partial charge < -0.3 is 20.3 Å². The number of hydrogen-bond donors (Lipinski definition) is 3. The number of carbonyl (C=O) groups is 1. The van der Waals surface area contributed by atoms with Crippen molar-refractivity contribution in [3.05, 3.63) is 48.0 Å². The molecule has 9 heteroatoms. The van der Waals surface area contributed by atoms with E-state index in [1.54, 1.807) is 30.3 Å². The highest BCUT2D eigenvalue weighted by atomic mass is 32.2. The predicted molar refractivity (Wildman–Crippen MR) is 123 cm³/mol. The van der Waals surface area contributed by atoms with Crippen molar-refractivity contribution in [3.8, 4) is 5.75 Å². The number of ether oxygens (including phenoxy) is 1. The van der Waals surface area contributed by atoms with Crippen LogP contribution in [0.4, 0.5) is 11.4 Å². The summed E-state index contributed by atoms with van der Waals surface area (Å²) < 4.78 is 33.6. The number of benzene rings is 2. The minimum Gasteiger partial charge on any atom is -0.494 e. The largest absolute Gasteiger partial charge is 0.494 e. The molecule has 2 aromatic rings. The first-order valence-corrected chi connectivity index (χ1v) is 11.9. The molecule has 0 radical (unpaired) electrons. The second-order valence-electron chi connectivity index (χ2n) is 7.61. The Balaban J connectivity index is 1.89. The molecule has 1 fully saturated rings. The van der Waals surface area contributed by atoms with Crippen LogP contribution in [0.3, 0.4) is 0 Å². The molecule has 1 saturated heterocycles. The zero-order valence-electron chi connectivity index (χ0n) is 18.1. The summed E-state index contributed by atoms with van der Waals surface area (Å²) in [4.78, 5) is 15.1. The molecule has 8 nitrogen and oxygen atoms in total. The number of anilines is 2. The second kappa shape index (κ2) is 10.0. The maximum Gasteiger partial charge on any atom is 0.261 e. The van der Waals surface area contributed by atoms with Gasteiger partial charge in [0.15, 0.2) is 0 Å². The van der Waals surface area contributed by atoms with Crippen LogP contribution in [0.2, 0.25) is 0 Å². The Morgan fingerprint density at radius 2 is 1.81 bits per heavy atom. The summed E-state index contributed by atoms with van der Waals surface area (Å²) in [5, 5.41) is 6.20. The predicted octanol–water partition coefficient (Wildman–Crippen LogP) is 2.43. The van der Waals surface area contributed by atoms with E-state index < -0.39 is 10.0 Å². The number of nitrogens with one attached hydrogen (secondary N) is 3. The summed E-state index contributed by atoms with van der Waals surface area (Å²) >= 11 is 0. The fourth-order valence-corrected chi connectivity index (χ4v) is 4.45. The Kier molecular flexibility index (Phi) is 7.40. The number of hydrogen-bond acceptors (Lipinski definition) is 6. The van der Waals surface area contributed by atoms with E-state index in [0.717, 1.165) is 31.9 Å². The van der Waals surface area contributed by atoms with E-state index in [9.17, 15) is 13.2 Å². The fourth-order valence-electron chi connectivity index (χ4n) is 3.40. The SMILES string of the molecule is CCOc1ccc(S(=O)(=O)Nc2ccc(N3CCNCC3)c(C(=O)NC(C)C)c2)cc1. The first-order chi connectivity index (χ1) is 14.8. The highest BCUT2D eigenvalue weighted by molar-refractivity contribution is 7.92. The average Bonchev–Trinajstić information content (AvgIpc) is 2.74. The maximum atomic E-state index is 12.9. The van der Waals surface area contributed by atoms with Crippen LogP contribution in [0, 0.1) is 0 Å². The summed E-state index contributed by atoms with van der Waals surface area (Å²) in [6.45, 7) is 9.36. The molecule has 31 heavy (non-hydrogen) atoms. The lowest BCUT2D eigenvalue weighted by molar-refractivity contribution is 0.0943. The molecule has 0 spiro atoms. The summed E-state index contributed by atoms with van der Waals surface area (Å²) in [6.07, 6.45) is 0. The quantitative estimate of drug-likeness (QED) is 0.576. The fraction of sp³-hybridized carbons (Fsp3) is 0.409. The first kappa shape index (κ1) is 22.9. The van der Waals surface area contributed by atoms with E-state index in [4.69, 9.17) is 4.74 Å². The van der Waals surface area contributed by atoms with Gasteiger partial charge in [-0.05, 0) is 63.2 Å². The minimum absolute atomic E-state index is 0.0347. The van der Waals surface area contributed by atoms with Crippen LogP contribution in [0.1, 0.15) is 31.1 Å². The van der Waals surface area contributed by atoms with Gasteiger partial charge in [-0.1, -0.05) is 0 Å². The van der Waals surface area contributed by atoms with Crippen molar-refractivity contribution in [1.82, 2.24) is 10.6 Å². The average molecular weight is 447 g/mol. The van der Waals surface area contributed by atoms with Crippen molar-refractivity contribution in [3.63, 3.8) is 0 Å². The first-order valence-electron chi connectivity index (χ1n) is 10.5. The van der Waals surface area contributed by atoms with E-state index in [0.29, 0.717) is 23.6 Å². The van der Waals surface area contributed by atoms with E-state index in [2.05, 4.69) is 20.3 Å². The second-order valence-corrected chi connectivity index (χ2v) is 9.29. The molecule has 3 rings (SSSR count). The van der Waals surface area contributed by atoms with Crippen molar-refractivity contribution in [2.75, 3.05) is 42.4 Å². The molecule has 1 heterocycles. The Labute approximate surface area is 184 Å². The standard InChI is InChI=1S/C22H30N4O4S/c1-4-30-18-6-8-19(9-7-18)31(28,29)25-17-5-10-21(26-13-11-23-12-14-26)20(15-17)22(27)24-16(2)3/h5-10,15-16,23,25H,4,11-14H2,1-3H3,(H,24,27).